The number of aromatic nitrogens is 1. The lowest BCUT2D eigenvalue weighted by Gasteiger charge is -2.26. The van der Waals surface area contributed by atoms with Crippen molar-refractivity contribution in [1.29, 1.82) is 0 Å². The molecule has 0 spiro atoms. The van der Waals surface area contributed by atoms with E-state index in [1.54, 1.807) is 25.6 Å². The van der Waals surface area contributed by atoms with Gasteiger partial charge in [-0.15, -0.1) is 11.3 Å². The average molecular weight is 287 g/mol. The summed E-state index contributed by atoms with van der Waals surface area (Å²) in [6.45, 7) is 7.30. The fourth-order valence-corrected chi connectivity index (χ4v) is 3.25. The van der Waals surface area contributed by atoms with Gasteiger partial charge in [0.2, 0.25) is 0 Å². The highest BCUT2D eigenvalue weighted by Crippen LogP contribution is 2.28. The van der Waals surface area contributed by atoms with Crippen molar-refractivity contribution >= 4 is 16.5 Å². The van der Waals surface area contributed by atoms with Gasteiger partial charge in [0.1, 0.15) is 0 Å². The molecule has 0 radical (unpaired) electrons. The van der Waals surface area contributed by atoms with E-state index >= 15 is 0 Å². The standard InChI is InChI=1S/C13H25N3O2S/c1-6-16(10(2)8-17-4)13-15-11(9-18-5)12(19-13)7-14-3/h10,14H,6-9H2,1-5H3. The van der Waals surface area contributed by atoms with Crippen molar-refractivity contribution in [2.75, 3.05) is 39.3 Å². The van der Waals surface area contributed by atoms with Crippen molar-refractivity contribution in [2.24, 2.45) is 0 Å². The van der Waals surface area contributed by atoms with Crippen LogP contribution in [0.2, 0.25) is 0 Å². The van der Waals surface area contributed by atoms with Crippen LogP contribution < -0.4 is 10.2 Å². The van der Waals surface area contributed by atoms with Crippen LogP contribution in [0.3, 0.4) is 0 Å². The van der Waals surface area contributed by atoms with Gasteiger partial charge in [0, 0.05) is 32.2 Å². The van der Waals surface area contributed by atoms with Crippen LogP contribution in [-0.2, 0) is 22.6 Å². The zero-order valence-electron chi connectivity index (χ0n) is 12.5. The monoisotopic (exact) mass is 287 g/mol. The molecule has 1 unspecified atom stereocenters. The van der Waals surface area contributed by atoms with E-state index in [1.807, 2.05) is 7.05 Å². The maximum absolute atomic E-state index is 5.24. The Bertz CT molecular complexity index is 347. The number of hydrogen-bond acceptors (Lipinski definition) is 6. The van der Waals surface area contributed by atoms with E-state index in [4.69, 9.17) is 14.5 Å². The molecule has 0 aliphatic carbocycles. The molecule has 19 heavy (non-hydrogen) atoms. The molecule has 0 bridgehead atoms. The van der Waals surface area contributed by atoms with Crippen molar-refractivity contribution in [1.82, 2.24) is 10.3 Å². The Kier molecular flexibility index (Phi) is 7.30. The molecule has 1 aromatic rings. The smallest absolute Gasteiger partial charge is 0.186 e. The van der Waals surface area contributed by atoms with Crippen LogP contribution in [0.15, 0.2) is 0 Å². The summed E-state index contributed by atoms with van der Waals surface area (Å²) in [4.78, 5) is 8.23. The minimum atomic E-state index is 0.319. The molecule has 1 atom stereocenters. The molecule has 1 heterocycles. The Morgan fingerprint density at radius 3 is 2.63 bits per heavy atom. The minimum Gasteiger partial charge on any atom is -0.383 e. The van der Waals surface area contributed by atoms with Gasteiger partial charge in [-0.05, 0) is 20.9 Å². The Hall–Kier alpha value is -0.690. The topological polar surface area (TPSA) is 46.6 Å². The molecule has 0 aliphatic rings. The van der Waals surface area contributed by atoms with Gasteiger partial charge in [-0.3, -0.25) is 0 Å². The summed E-state index contributed by atoms with van der Waals surface area (Å²) in [5.41, 5.74) is 1.03. The summed E-state index contributed by atoms with van der Waals surface area (Å²) >= 11 is 1.73. The van der Waals surface area contributed by atoms with Gasteiger partial charge in [-0.2, -0.15) is 0 Å². The Morgan fingerprint density at radius 2 is 2.11 bits per heavy atom. The number of nitrogens with one attached hydrogen (secondary N) is 1. The number of nitrogens with zero attached hydrogens (tertiary/aromatic N) is 2. The lowest BCUT2D eigenvalue weighted by atomic mass is 10.3. The number of likely N-dealkylation sites (N-methyl/N-ethyl adjacent to an activating group) is 1. The molecule has 1 N–H and O–H groups in total. The van der Waals surface area contributed by atoms with Crippen LogP contribution in [0, 0.1) is 0 Å². The summed E-state index contributed by atoms with van der Waals surface area (Å²) in [5.74, 6) is 0. The van der Waals surface area contributed by atoms with Gasteiger partial charge < -0.3 is 19.7 Å². The molecule has 110 valence electrons. The Morgan fingerprint density at radius 1 is 1.37 bits per heavy atom. The second kappa shape index (κ2) is 8.47. The molecule has 0 amide bonds. The highest BCUT2D eigenvalue weighted by atomic mass is 32.1. The molecular weight excluding hydrogens is 262 g/mol. The van der Waals surface area contributed by atoms with E-state index in [1.165, 1.54) is 4.88 Å². The minimum absolute atomic E-state index is 0.319. The molecule has 5 nitrogen and oxygen atoms in total. The van der Waals surface area contributed by atoms with Gasteiger partial charge in [0.15, 0.2) is 5.13 Å². The highest BCUT2D eigenvalue weighted by molar-refractivity contribution is 7.15. The highest BCUT2D eigenvalue weighted by Gasteiger charge is 2.19. The first-order valence-corrected chi connectivity index (χ1v) is 7.37. The van der Waals surface area contributed by atoms with Crippen molar-refractivity contribution < 1.29 is 9.47 Å². The van der Waals surface area contributed by atoms with E-state index < -0.39 is 0 Å². The largest absolute Gasteiger partial charge is 0.383 e. The molecule has 6 heteroatoms. The molecule has 0 fully saturated rings. The first kappa shape index (κ1) is 16.4. The van der Waals surface area contributed by atoms with Crippen LogP contribution in [0.25, 0.3) is 0 Å². The lowest BCUT2D eigenvalue weighted by molar-refractivity contribution is 0.179. The number of methoxy groups -OCH3 is 2. The van der Waals surface area contributed by atoms with Crippen molar-refractivity contribution in [3.8, 4) is 0 Å². The van der Waals surface area contributed by atoms with Gasteiger partial charge >= 0.3 is 0 Å². The number of rotatable bonds is 9. The molecule has 0 aliphatic heterocycles. The van der Waals surface area contributed by atoms with E-state index in [0.29, 0.717) is 19.3 Å². The lowest BCUT2D eigenvalue weighted by Crippen LogP contribution is -2.36. The van der Waals surface area contributed by atoms with Crippen LogP contribution in [0.1, 0.15) is 24.4 Å². The van der Waals surface area contributed by atoms with E-state index in [-0.39, 0.29) is 0 Å². The zero-order chi connectivity index (χ0) is 14.3. The van der Waals surface area contributed by atoms with Gasteiger partial charge in [0.05, 0.1) is 24.9 Å². The van der Waals surface area contributed by atoms with Gasteiger partial charge in [-0.25, -0.2) is 4.98 Å². The summed E-state index contributed by atoms with van der Waals surface area (Å²) in [6.07, 6.45) is 0. The van der Waals surface area contributed by atoms with E-state index in [2.05, 4.69) is 24.1 Å². The zero-order valence-corrected chi connectivity index (χ0v) is 13.3. The number of thiazole rings is 1. The number of anilines is 1. The first-order valence-electron chi connectivity index (χ1n) is 6.55. The van der Waals surface area contributed by atoms with Gasteiger partial charge in [-0.1, -0.05) is 0 Å². The third-order valence-electron chi connectivity index (χ3n) is 2.91. The van der Waals surface area contributed by atoms with Crippen LogP contribution in [0.4, 0.5) is 5.13 Å². The predicted molar refractivity (Wildman–Crippen MR) is 79.9 cm³/mol. The number of ether oxygens (including phenoxy) is 2. The molecule has 1 rings (SSSR count). The van der Waals surface area contributed by atoms with E-state index in [0.717, 1.165) is 23.9 Å². The first-order chi connectivity index (χ1) is 9.17. The maximum atomic E-state index is 5.24. The fraction of sp³-hybridized carbons (Fsp3) is 0.769. The second-order valence-corrected chi connectivity index (χ2v) is 5.48. The number of hydrogen-bond donors (Lipinski definition) is 1. The van der Waals surface area contributed by atoms with Crippen LogP contribution in [0.5, 0.6) is 0 Å². The molecule has 0 aromatic carbocycles. The third-order valence-corrected chi connectivity index (χ3v) is 4.05. The summed E-state index contributed by atoms with van der Waals surface area (Å²) in [7, 11) is 5.38. The summed E-state index contributed by atoms with van der Waals surface area (Å²) in [6, 6.07) is 0.319. The van der Waals surface area contributed by atoms with Gasteiger partial charge in [0.25, 0.3) is 0 Å². The third kappa shape index (κ3) is 4.42. The van der Waals surface area contributed by atoms with E-state index in [9.17, 15) is 0 Å². The normalized spacial score (nSPS) is 12.7. The van der Waals surface area contributed by atoms with Crippen molar-refractivity contribution in [3.63, 3.8) is 0 Å². The quantitative estimate of drug-likeness (QED) is 0.751. The average Bonchev–Trinajstić information content (AvgIpc) is 2.75. The predicted octanol–water partition coefficient (Wildman–Crippen LogP) is 1.87. The molecule has 1 aromatic heterocycles. The van der Waals surface area contributed by atoms with Crippen LogP contribution >= 0.6 is 11.3 Å². The summed E-state index contributed by atoms with van der Waals surface area (Å²) < 4.78 is 10.5. The Balaban J connectivity index is 2.93. The summed E-state index contributed by atoms with van der Waals surface area (Å²) in [5, 5.41) is 4.22. The van der Waals surface area contributed by atoms with Crippen molar-refractivity contribution in [3.05, 3.63) is 10.6 Å². The molecular formula is C13H25N3O2S. The molecule has 0 saturated carbocycles. The van der Waals surface area contributed by atoms with Crippen LogP contribution in [-0.4, -0.2) is 45.4 Å². The SMILES string of the molecule is CCN(c1nc(COC)c(CNC)s1)C(C)COC. The maximum Gasteiger partial charge on any atom is 0.186 e. The molecule has 0 saturated heterocycles. The van der Waals surface area contributed by atoms with Crippen molar-refractivity contribution in [2.45, 2.75) is 33.0 Å². The fourth-order valence-electron chi connectivity index (χ4n) is 2.01. The Labute approximate surface area is 119 Å². The second-order valence-electron chi connectivity index (χ2n) is 4.42.